The topological polar surface area (TPSA) is 66.0 Å². The van der Waals surface area contributed by atoms with Gasteiger partial charge >= 0.3 is 0 Å². The fourth-order valence-electron chi connectivity index (χ4n) is 3.48. The minimum absolute atomic E-state index is 0. The summed E-state index contributed by atoms with van der Waals surface area (Å²) in [5.74, 6) is 2.09. The van der Waals surface area contributed by atoms with Crippen molar-refractivity contribution in [2.75, 3.05) is 33.8 Å². The summed E-state index contributed by atoms with van der Waals surface area (Å²) in [6, 6.07) is 8.00. The van der Waals surface area contributed by atoms with Gasteiger partial charge in [-0.2, -0.15) is 0 Å². The SMILES string of the molecule is CCNC(=NCCNC(=O)C1CCCCC1)N(C)Cc1ccccc1OC.I. The second-order valence-electron chi connectivity index (χ2n) is 7.03. The Bertz CT molecular complexity index is 618. The van der Waals surface area contributed by atoms with E-state index in [9.17, 15) is 4.79 Å². The minimum atomic E-state index is 0. The lowest BCUT2D eigenvalue weighted by Crippen LogP contribution is -2.39. The first-order chi connectivity index (χ1) is 13.2. The number of nitrogens with zero attached hydrogens (tertiary/aromatic N) is 2. The van der Waals surface area contributed by atoms with Crippen LogP contribution in [0.25, 0.3) is 0 Å². The van der Waals surface area contributed by atoms with Crippen LogP contribution in [0.3, 0.4) is 0 Å². The van der Waals surface area contributed by atoms with Crippen molar-refractivity contribution in [1.29, 1.82) is 0 Å². The van der Waals surface area contributed by atoms with Gasteiger partial charge in [-0.3, -0.25) is 9.79 Å². The maximum absolute atomic E-state index is 12.2. The summed E-state index contributed by atoms with van der Waals surface area (Å²) in [6.07, 6.45) is 5.67. The molecular formula is C21H35IN4O2. The van der Waals surface area contributed by atoms with Gasteiger partial charge in [0.15, 0.2) is 5.96 Å². The van der Waals surface area contributed by atoms with Crippen LogP contribution in [-0.4, -0.2) is 50.6 Å². The van der Waals surface area contributed by atoms with Gasteiger partial charge < -0.3 is 20.3 Å². The number of amides is 1. The molecule has 1 aromatic carbocycles. The van der Waals surface area contributed by atoms with Crippen molar-refractivity contribution in [3.63, 3.8) is 0 Å². The molecule has 0 atom stereocenters. The summed E-state index contributed by atoms with van der Waals surface area (Å²) in [4.78, 5) is 18.9. The number of aliphatic imine (C=N–C) groups is 1. The smallest absolute Gasteiger partial charge is 0.223 e. The molecule has 6 nitrogen and oxygen atoms in total. The van der Waals surface area contributed by atoms with E-state index in [4.69, 9.17) is 4.74 Å². The highest BCUT2D eigenvalue weighted by Crippen LogP contribution is 2.23. The van der Waals surface area contributed by atoms with E-state index >= 15 is 0 Å². The van der Waals surface area contributed by atoms with E-state index in [1.54, 1.807) is 7.11 Å². The Morgan fingerprint density at radius 3 is 2.61 bits per heavy atom. The van der Waals surface area contributed by atoms with Crippen molar-refractivity contribution in [3.8, 4) is 5.75 Å². The molecule has 0 radical (unpaired) electrons. The summed E-state index contributed by atoms with van der Waals surface area (Å²) < 4.78 is 5.43. The molecule has 1 saturated carbocycles. The summed E-state index contributed by atoms with van der Waals surface area (Å²) in [6.45, 7) is 4.69. The van der Waals surface area contributed by atoms with Gasteiger partial charge in [-0.15, -0.1) is 24.0 Å². The first-order valence-electron chi connectivity index (χ1n) is 10.0. The Morgan fingerprint density at radius 1 is 1.21 bits per heavy atom. The van der Waals surface area contributed by atoms with Crippen LogP contribution in [0.2, 0.25) is 0 Å². The monoisotopic (exact) mass is 502 g/mol. The summed E-state index contributed by atoms with van der Waals surface area (Å²) in [5, 5.41) is 6.36. The Morgan fingerprint density at radius 2 is 1.93 bits per heavy atom. The molecule has 0 heterocycles. The zero-order valence-corrected chi connectivity index (χ0v) is 19.7. The molecule has 0 aliphatic heterocycles. The van der Waals surface area contributed by atoms with Gasteiger partial charge in [0.05, 0.1) is 13.7 Å². The van der Waals surface area contributed by atoms with Crippen LogP contribution in [0.15, 0.2) is 29.3 Å². The predicted octanol–water partition coefficient (Wildman–Crippen LogP) is 3.41. The molecule has 2 rings (SSSR count). The van der Waals surface area contributed by atoms with Gasteiger partial charge in [-0.1, -0.05) is 37.5 Å². The number of rotatable bonds is 8. The number of methoxy groups -OCH3 is 1. The molecule has 1 aliphatic rings. The maximum Gasteiger partial charge on any atom is 0.223 e. The molecule has 1 aromatic rings. The highest BCUT2D eigenvalue weighted by molar-refractivity contribution is 14.0. The largest absolute Gasteiger partial charge is 0.496 e. The molecule has 2 N–H and O–H groups in total. The van der Waals surface area contributed by atoms with Crippen molar-refractivity contribution < 1.29 is 9.53 Å². The van der Waals surface area contributed by atoms with Crippen LogP contribution in [0, 0.1) is 5.92 Å². The van der Waals surface area contributed by atoms with E-state index < -0.39 is 0 Å². The highest BCUT2D eigenvalue weighted by atomic mass is 127. The fourth-order valence-corrected chi connectivity index (χ4v) is 3.48. The molecule has 0 saturated heterocycles. The zero-order valence-electron chi connectivity index (χ0n) is 17.4. The van der Waals surface area contributed by atoms with Gasteiger partial charge in [-0.05, 0) is 25.8 Å². The van der Waals surface area contributed by atoms with Crippen LogP contribution < -0.4 is 15.4 Å². The maximum atomic E-state index is 12.2. The van der Waals surface area contributed by atoms with Gasteiger partial charge in [0, 0.05) is 38.2 Å². The Labute approximate surface area is 186 Å². The Balaban J connectivity index is 0.00000392. The van der Waals surface area contributed by atoms with E-state index in [-0.39, 0.29) is 35.8 Å². The molecule has 0 bridgehead atoms. The minimum Gasteiger partial charge on any atom is -0.496 e. The standard InChI is InChI=1S/C21H34N4O2.HI/c1-4-22-21(25(2)16-18-12-8-9-13-19(18)27-3)24-15-14-23-20(26)17-10-6-5-7-11-17;/h8-9,12-13,17H,4-7,10-11,14-16H2,1-3H3,(H,22,24)(H,23,26);1H. The highest BCUT2D eigenvalue weighted by Gasteiger charge is 2.20. The quantitative estimate of drug-likeness (QED) is 0.248. The van der Waals surface area contributed by atoms with Crippen LogP contribution in [-0.2, 0) is 11.3 Å². The van der Waals surface area contributed by atoms with Crippen molar-refractivity contribution in [1.82, 2.24) is 15.5 Å². The second kappa shape index (κ2) is 13.6. The van der Waals surface area contributed by atoms with Crippen molar-refractivity contribution in [2.24, 2.45) is 10.9 Å². The molecule has 1 fully saturated rings. The van der Waals surface area contributed by atoms with E-state index in [1.165, 1.54) is 19.3 Å². The number of benzene rings is 1. The lowest BCUT2D eigenvalue weighted by atomic mass is 9.89. The number of guanidine groups is 1. The first kappa shape index (κ1) is 24.5. The van der Waals surface area contributed by atoms with Crippen molar-refractivity contribution in [2.45, 2.75) is 45.6 Å². The molecule has 1 aliphatic carbocycles. The molecule has 7 heteroatoms. The molecule has 0 spiro atoms. The fraction of sp³-hybridized carbons (Fsp3) is 0.619. The summed E-state index contributed by atoms with van der Waals surface area (Å²) in [5.41, 5.74) is 1.11. The molecule has 0 aromatic heterocycles. The molecule has 1 amide bonds. The van der Waals surface area contributed by atoms with E-state index in [1.807, 2.05) is 25.2 Å². The number of carbonyl (C=O) groups excluding carboxylic acids is 1. The van der Waals surface area contributed by atoms with Gasteiger partial charge in [0.25, 0.3) is 0 Å². The van der Waals surface area contributed by atoms with Crippen molar-refractivity contribution >= 4 is 35.8 Å². The van der Waals surface area contributed by atoms with E-state index in [2.05, 4.69) is 33.5 Å². The number of ether oxygens (including phenoxy) is 1. The lowest BCUT2D eigenvalue weighted by Gasteiger charge is -2.23. The van der Waals surface area contributed by atoms with Crippen LogP contribution in [0.5, 0.6) is 5.75 Å². The number of nitrogens with one attached hydrogen (secondary N) is 2. The number of carbonyl (C=O) groups is 1. The molecule has 0 unspecified atom stereocenters. The number of hydrogen-bond donors (Lipinski definition) is 2. The number of halogens is 1. The third kappa shape index (κ3) is 7.85. The van der Waals surface area contributed by atoms with Crippen LogP contribution in [0.1, 0.15) is 44.6 Å². The predicted molar refractivity (Wildman–Crippen MR) is 125 cm³/mol. The van der Waals surface area contributed by atoms with Crippen molar-refractivity contribution in [3.05, 3.63) is 29.8 Å². The van der Waals surface area contributed by atoms with Gasteiger partial charge in [0.1, 0.15) is 5.75 Å². The molecule has 158 valence electrons. The number of para-hydroxylation sites is 1. The third-order valence-electron chi connectivity index (χ3n) is 4.95. The summed E-state index contributed by atoms with van der Waals surface area (Å²) in [7, 11) is 3.70. The molecule has 28 heavy (non-hydrogen) atoms. The third-order valence-corrected chi connectivity index (χ3v) is 4.95. The van der Waals surface area contributed by atoms with Gasteiger partial charge in [-0.25, -0.2) is 0 Å². The van der Waals surface area contributed by atoms with E-state index in [0.717, 1.165) is 36.7 Å². The zero-order chi connectivity index (χ0) is 19.5. The Kier molecular flexibility index (Phi) is 11.9. The van der Waals surface area contributed by atoms with Crippen LogP contribution >= 0.6 is 24.0 Å². The average Bonchev–Trinajstić information content (AvgIpc) is 2.71. The lowest BCUT2D eigenvalue weighted by molar-refractivity contribution is -0.125. The number of hydrogen-bond acceptors (Lipinski definition) is 3. The Hall–Kier alpha value is -1.51. The van der Waals surface area contributed by atoms with E-state index in [0.29, 0.717) is 19.6 Å². The normalized spacial score (nSPS) is 14.8. The molecular weight excluding hydrogens is 467 g/mol. The summed E-state index contributed by atoms with van der Waals surface area (Å²) >= 11 is 0. The van der Waals surface area contributed by atoms with Crippen LogP contribution in [0.4, 0.5) is 0 Å². The second-order valence-corrected chi connectivity index (χ2v) is 7.03. The average molecular weight is 502 g/mol. The van der Waals surface area contributed by atoms with Gasteiger partial charge in [0.2, 0.25) is 5.91 Å². The first-order valence-corrected chi connectivity index (χ1v) is 10.0.